The van der Waals surface area contributed by atoms with Crippen molar-refractivity contribution in [3.8, 4) is 0 Å². The first-order chi connectivity index (χ1) is 18.7. The van der Waals surface area contributed by atoms with Crippen molar-refractivity contribution in [2.45, 2.75) is 39.4 Å². The van der Waals surface area contributed by atoms with Crippen LogP contribution in [0.2, 0.25) is 7.25 Å². The van der Waals surface area contributed by atoms with E-state index in [1.54, 1.807) is 22.3 Å². The molecule has 5 aliphatic rings. The minimum atomic E-state index is -0.590. The van der Waals surface area contributed by atoms with Crippen molar-refractivity contribution in [3.05, 3.63) is 166 Å². The number of rotatable bonds is 4. The van der Waals surface area contributed by atoms with Crippen molar-refractivity contribution in [2.75, 3.05) is 0 Å². The van der Waals surface area contributed by atoms with Gasteiger partial charge in [0.2, 0.25) is 0 Å². The molecule has 4 unspecified atom stereocenters. The standard InChI is InChI=1S/C37H34.ClH.Zr/c1-4-29(36-25(2)23-34-30(19-11-13-21-32(34)36)27-15-7-5-8-16-27)37-26(3)24-35-31(20-12-14-22-33(35)37)28-17-9-6-10-18-28;;/h5-24,30-31,36-37H,1,4H2,2-3H3;1H;/q;;+1/p-1. The van der Waals surface area contributed by atoms with Crippen LogP contribution in [-0.2, 0) is 23.2 Å². The summed E-state index contributed by atoms with van der Waals surface area (Å²) in [4.78, 5) is 0. The molecular weight excluding hydrogens is 571 g/mol. The third-order valence-electron chi connectivity index (χ3n) is 9.36. The predicted octanol–water partition coefficient (Wildman–Crippen LogP) is 6.62. The molecule has 2 aromatic carbocycles. The second-order valence-corrected chi connectivity index (χ2v) is 15.8. The van der Waals surface area contributed by atoms with Crippen molar-refractivity contribution in [2.24, 2.45) is 11.8 Å². The summed E-state index contributed by atoms with van der Waals surface area (Å²) in [5.41, 5.74) is 12.2. The van der Waals surface area contributed by atoms with Crippen LogP contribution >= 0.6 is 0 Å². The van der Waals surface area contributed by atoms with Crippen LogP contribution in [0.25, 0.3) is 0 Å². The Balaban J connectivity index is 0.00000277. The molecule has 0 spiro atoms. The Bertz CT molecular complexity index is 1390. The monoisotopic (exact) mass is 603 g/mol. The fourth-order valence-corrected chi connectivity index (χ4v) is 12.7. The van der Waals surface area contributed by atoms with E-state index in [4.69, 9.17) is 0 Å². The SMILES string of the molecule is CC1=CC2=C(C=CC=CC2c2ccccc2)C1[C]1(C2C(C)=CC3=C2C=CC=CC3c2ccccc2)C[CH2][Zr+]1.[Cl-]. The number of halogens is 1. The second-order valence-electron chi connectivity index (χ2n) is 11.4. The van der Waals surface area contributed by atoms with Gasteiger partial charge in [-0.15, -0.1) is 0 Å². The van der Waals surface area contributed by atoms with Gasteiger partial charge in [-0.05, 0) is 0 Å². The molecule has 0 nitrogen and oxygen atoms in total. The normalized spacial score (nSPS) is 30.2. The van der Waals surface area contributed by atoms with E-state index in [1.165, 1.54) is 32.8 Å². The average molecular weight is 605 g/mol. The molecule has 1 aliphatic heterocycles. The third kappa shape index (κ3) is 4.38. The zero-order valence-electron chi connectivity index (χ0n) is 22.6. The molecule has 0 N–H and O–H groups in total. The van der Waals surface area contributed by atoms with Gasteiger partial charge >= 0.3 is 240 Å². The molecule has 7 rings (SSSR count). The van der Waals surface area contributed by atoms with Gasteiger partial charge in [-0.3, -0.25) is 0 Å². The van der Waals surface area contributed by atoms with E-state index in [0.717, 1.165) is 0 Å². The summed E-state index contributed by atoms with van der Waals surface area (Å²) in [6.45, 7) is 4.86. The Morgan fingerprint density at radius 3 is 1.44 bits per heavy atom. The van der Waals surface area contributed by atoms with Crippen LogP contribution in [0.4, 0.5) is 0 Å². The molecule has 4 aliphatic carbocycles. The maximum atomic E-state index is 2.57. The van der Waals surface area contributed by atoms with Gasteiger partial charge in [0.25, 0.3) is 0 Å². The van der Waals surface area contributed by atoms with Crippen LogP contribution in [0.3, 0.4) is 0 Å². The van der Waals surface area contributed by atoms with Crippen molar-refractivity contribution in [3.63, 3.8) is 0 Å². The van der Waals surface area contributed by atoms with E-state index in [1.807, 2.05) is 0 Å². The minimum absolute atomic E-state index is 0. The molecule has 0 bridgehead atoms. The molecule has 1 fully saturated rings. The van der Waals surface area contributed by atoms with E-state index < -0.39 is 23.2 Å². The molecule has 1 heterocycles. The molecule has 2 aromatic rings. The Morgan fingerprint density at radius 2 is 1.05 bits per heavy atom. The van der Waals surface area contributed by atoms with Crippen LogP contribution in [0, 0.1) is 11.8 Å². The topological polar surface area (TPSA) is 0 Å². The summed E-state index contributed by atoms with van der Waals surface area (Å²) >= 11 is -0.590. The van der Waals surface area contributed by atoms with Gasteiger partial charge in [0, 0.05) is 0 Å². The summed E-state index contributed by atoms with van der Waals surface area (Å²) in [5.74, 6) is 1.76. The fraction of sp³-hybridized carbons (Fsp3) is 0.243. The summed E-state index contributed by atoms with van der Waals surface area (Å²) in [6, 6.07) is 22.2. The summed E-state index contributed by atoms with van der Waals surface area (Å²) in [6.07, 6.45) is 25.4. The smallest absolute Gasteiger partial charge is 1.00 e. The molecule has 0 aromatic heterocycles. The molecule has 1 saturated heterocycles. The van der Waals surface area contributed by atoms with Crippen molar-refractivity contribution < 1.29 is 35.6 Å². The van der Waals surface area contributed by atoms with Crippen molar-refractivity contribution in [1.82, 2.24) is 0 Å². The van der Waals surface area contributed by atoms with E-state index in [0.29, 0.717) is 26.8 Å². The Morgan fingerprint density at radius 1 is 0.615 bits per heavy atom. The summed E-state index contributed by atoms with van der Waals surface area (Å²) in [5, 5.41) is 0. The first kappa shape index (κ1) is 26.7. The van der Waals surface area contributed by atoms with E-state index >= 15 is 0 Å². The van der Waals surface area contributed by atoms with Crippen LogP contribution in [0.1, 0.15) is 43.2 Å². The maximum absolute atomic E-state index is 2.57. The number of hydrogen-bond acceptors (Lipinski definition) is 0. The fourth-order valence-electron chi connectivity index (χ4n) is 7.79. The van der Waals surface area contributed by atoms with Crippen molar-refractivity contribution >= 4 is 0 Å². The second kappa shape index (κ2) is 10.8. The molecule has 39 heavy (non-hydrogen) atoms. The molecule has 0 saturated carbocycles. The van der Waals surface area contributed by atoms with Crippen molar-refractivity contribution in [1.29, 1.82) is 0 Å². The van der Waals surface area contributed by atoms with Gasteiger partial charge in [0.05, 0.1) is 0 Å². The van der Waals surface area contributed by atoms with E-state index in [2.05, 4.69) is 135 Å². The number of hydrogen-bond donors (Lipinski definition) is 0. The quantitative estimate of drug-likeness (QED) is 0.368. The number of benzene rings is 2. The maximum Gasteiger partial charge on any atom is -1.00 e. The van der Waals surface area contributed by atoms with Crippen LogP contribution in [0.5, 0.6) is 0 Å². The molecule has 0 amide bonds. The first-order valence-corrected chi connectivity index (χ1v) is 17.0. The summed E-state index contributed by atoms with van der Waals surface area (Å²) < 4.78 is 1.90. The zero-order chi connectivity index (χ0) is 25.7. The molecule has 4 atom stereocenters. The number of allylic oxidation sites excluding steroid dienone is 16. The molecule has 2 heteroatoms. The first-order valence-electron chi connectivity index (χ1n) is 14.1. The molecular formula is C37H34ClZr. The Kier molecular flexibility index (Phi) is 7.43. The van der Waals surface area contributed by atoms with E-state index in [-0.39, 0.29) is 12.4 Å². The Labute approximate surface area is 251 Å². The summed E-state index contributed by atoms with van der Waals surface area (Å²) in [7, 11) is 0. The van der Waals surface area contributed by atoms with Crippen LogP contribution < -0.4 is 12.4 Å². The minimum Gasteiger partial charge on any atom is -1.00 e. The van der Waals surface area contributed by atoms with Gasteiger partial charge in [0.15, 0.2) is 0 Å². The van der Waals surface area contributed by atoms with Gasteiger partial charge in [-0.2, -0.15) is 0 Å². The predicted molar refractivity (Wildman–Crippen MR) is 156 cm³/mol. The van der Waals surface area contributed by atoms with Crippen LogP contribution in [0.15, 0.2) is 155 Å². The van der Waals surface area contributed by atoms with E-state index in [9.17, 15) is 0 Å². The largest absolute Gasteiger partial charge is 1.00 e. The zero-order valence-corrected chi connectivity index (χ0v) is 25.9. The average Bonchev–Trinajstić information content (AvgIpc) is 3.22. The Hall–Kier alpha value is -2.47. The third-order valence-corrected chi connectivity index (χ3v) is 14.2. The van der Waals surface area contributed by atoms with Crippen LogP contribution in [-0.4, -0.2) is 0 Å². The van der Waals surface area contributed by atoms with Gasteiger partial charge in [0.1, 0.15) is 0 Å². The van der Waals surface area contributed by atoms with Gasteiger partial charge in [-0.25, -0.2) is 0 Å². The van der Waals surface area contributed by atoms with Gasteiger partial charge < -0.3 is 12.4 Å². The molecule has 0 radical (unpaired) electrons. The van der Waals surface area contributed by atoms with Gasteiger partial charge in [-0.1, -0.05) is 0 Å². The molecule has 193 valence electrons.